The largest absolute Gasteiger partial charge is 0.493 e. The van der Waals surface area contributed by atoms with Crippen LogP contribution in [0.5, 0.6) is 17.2 Å². The first-order chi connectivity index (χ1) is 17.7. The molecule has 0 aromatic heterocycles. The first-order valence-electron chi connectivity index (χ1n) is 12.5. The second kappa shape index (κ2) is 10.9. The fourth-order valence-electron chi connectivity index (χ4n) is 5.24. The summed E-state index contributed by atoms with van der Waals surface area (Å²) in [4.78, 5) is 2.52. The molecule has 1 heterocycles. The van der Waals surface area contributed by atoms with Crippen LogP contribution in [0.1, 0.15) is 40.7 Å². The van der Waals surface area contributed by atoms with Crippen LogP contribution < -0.4 is 14.2 Å². The monoisotopic (exact) mass is 479 g/mol. The van der Waals surface area contributed by atoms with Gasteiger partial charge in [-0.2, -0.15) is 0 Å². The van der Waals surface area contributed by atoms with Gasteiger partial charge in [-0.05, 0) is 58.4 Å². The molecule has 0 N–H and O–H groups in total. The van der Waals surface area contributed by atoms with Gasteiger partial charge in [0, 0.05) is 19.6 Å². The Bertz CT molecular complexity index is 1250. The molecule has 1 saturated heterocycles. The second-order valence-electron chi connectivity index (χ2n) is 9.15. The van der Waals surface area contributed by atoms with Crippen LogP contribution in [0.3, 0.4) is 0 Å². The minimum Gasteiger partial charge on any atom is -0.493 e. The summed E-state index contributed by atoms with van der Waals surface area (Å²) in [5.41, 5.74) is 9.32. The lowest BCUT2D eigenvalue weighted by Gasteiger charge is -2.29. The van der Waals surface area contributed by atoms with Crippen LogP contribution in [-0.2, 0) is 0 Å². The number of rotatable bonds is 6. The third-order valence-corrected chi connectivity index (χ3v) is 7.08. The zero-order valence-corrected chi connectivity index (χ0v) is 21.3. The summed E-state index contributed by atoms with van der Waals surface area (Å²) in [5, 5.41) is 0. The second-order valence-corrected chi connectivity index (χ2v) is 9.15. The van der Waals surface area contributed by atoms with Crippen molar-refractivity contribution >= 4 is 23.8 Å². The Balaban J connectivity index is 1.33. The summed E-state index contributed by atoms with van der Waals surface area (Å²) < 4.78 is 16.4. The van der Waals surface area contributed by atoms with E-state index in [0.29, 0.717) is 17.2 Å². The lowest BCUT2D eigenvalue weighted by atomic mass is 9.86. The number of piperidine rings is 1. The molecule has 0 spiro atoms. The number of fused-ring (bicyclic) bond motifs is 2. The van der Waals surface area contributed by atoms with Crippen molar-refractivity contribution in [1.82, 2.24) is 4.90 Å². The van der Waals surface area contributed by atoms with Crippen LogP contribution in [0.2, 0.25) is 0 Å². The minimum absolute atomic E-state index is 0.616. The standard InChI is InChI=1S/C32H33NO3/c1-34-29-21-23(22-30(35-2)32(29)36-3)9-8-18-33-19-16-26(17-20-33)31-27-12-6-4-10-24(27)14-15-25-11-5-7-13-28(25)31/h4-15,21-22H,16-20H2,1-3H3/b9-8+. The van der Waals surface area contributed by atoms with Gasteiger partial charge in [0.2, 0.25) is 5.75 Å². The van der Waals surface area contributed by atoms with Gasteiger partial charge in [-0.25, -0.2) is 0 Å². The van der Waals surface area contributed by atoms with Crippen LogP contribution in [-0.4, -0.2) is 45.9 Å². The fraction of sp³-hybridized carbons (Fsp3) is 0.250. The van der Waals surface area contributed by atoms with E-state index >= 15 is 0 Å². The van der Waals surface area contributed by atoms with Crippen molar-refractivity contribution in [2.75, 3.05) is 41.0 Å². The van der Waals surface area contributed by atoms with Gasteiger partial charge < -0.3 is 14.2 Å². The van der Waals surface area contributed by atoms with Crippen LogP contribution in [0.15, 0.2) is 72.3 Å². The summed E-state index contributed by atoms with van der Waals surface area (Å²) in [6, 6.07) is 21.5. The van der Waals surface area contributed by atoms with E-state index in [9.17, 15) is 0 Å². The number of likely N-dealkylation sites (tertiary alicyclic amines) is 1. The SMILES string of the molecule is COc1cc(/C=C/CN2CCC(=C3c4ccccc4C=Cc4ccccc43)CC2)cc(OC)c1OC. The molecule has 0 saturated carbocycles. The molecule has 1 aliphatic carbocycles. The topological polar surface area (TPSA) is 30.9 Å². The lowest BCUT2D eigenvalue weighted by Crippen LogP contribution is -2.31. The maximum absolute atomic E-state index is 5.49. The number of hydrogen-bond donors (Lipinski definition) is 0. The zero-order valence-electron chi connectivity index (χ0n) is 21.3. The summed E-state index contributed by atoms with van der Waals surface area (Å²) in [6.45, 7) is 3.01. The van der Waals surface area contributed by atoms with Crippen LogP contribution in [0.4, 0.5) is 0 Å². The summed E-state index contributed by atoms with van der Waals surface area (Å²) in [5.74, 6) is 1.96. The average molecular weight is 480 g/mol. The highest BCUT2D eigenvalue weighted by molar-refractivity contribution is 5.94. The molecular formula is C32H33NO3. The Kier molecular flexibility index (Phi) is 7.24. The third kappa shape index (κ3) is 4.82. The Labute approximate surface area is 214 Å². The Hall–Kier alpha value is -3.76. The van der Waals surface area contributed by atoms with Gasteiger partial charge in [0.25, 0.3) is 0 Å². The van der Waals surface area contributed by atoms with E-state index in [4.69, 9.17) is 14.2 Å². The van der Waals surface area contributed by atoms with E-state index in [1.54, 1.807) is 26.9 Å². The molecule has 3 aromatic rings. The van der Waals surface area contributed by atoms with E-state index in [2.05, 4.69) is 77.7 Å². The molecule has 1 aliphatic heterocycles. The van der Waals surface area contributed by atoms with Crippen molar-refractivity contribution in [2.45, 2.75) is 12.8 Å². The van der Waals surface area contributed by atoms with Crippen molar-refractivity contribution in [1.29, 1.82) is 0 Å². The van der Waals surface area contributed by atoms with Gasteiger partial charge in [-0.15, -0.1) is 0 Å². The molecule has 36 heavy (non-hydrogen) atoms. The van der Waals surface area contributed by atoms with E-state index in [1.807, 2.05) is 12.1 Å². The van der Waals surface area contributed by atoms with Crippen molar-refractivity contribution in [3.05, 3.63) is 100 Å². The van der Waals surface area contributed by atoms with E-state index < -0.39 is 0 Å². The molecule has 5 rings (SSSR count). The van der Waals surface area contributed by atoms with Gasteiger partial charge in [0.1, 0.15) is 0 Å². The van der Waals surface area contributed by atoms with Crippen LogP contribution in [0, 0.1) is 0 Å². The summed E-state index contributed by atoms with van der Waals surface area (Å²) >= 11 is 0. The first kappa shape index (κ1) is 24.0. The summed E-state index contributed by atoms with van der Waals surface area (Å²) in [7, 11) is 4.91. The number of hydrogen-bond acceptors (Lipinski definition) is 4. The zero-order chi connectivity index (χ0) is 24.9. The van der Waals surface area contributed by atoms with E-state index in [1.165, 1.54) is 27.8 Å². The molecule has 2 aliphatic rings. The fourth-order valence-corrected chi connectivity index (χ4v) is 5.24. The molecule has 4 nitrogen and oxygen atoms in total. The first-order valence-corrected chi connectivity index (χ1v) is 12.5. The third-order valence-electron chi connectivity index (χ3n) is 7.08. The van der Waals surface area contributed by atoms with Gasteiger partial charge in [-0.3, -0.25) is 4.90 Å². The highest BCUT2D eigenvalue weighted by Crippen LogP contribution is 2.40. The maximum atomic E-state index is 5.49. The minimum atomic E-state index is 0.616. The quantitative estimate of drug-likeness (QED) is 0.304. The van der Waals surface area contributed by atoms with Gasteiger partial charge in [-0.1, -0.05) is 78.4 Å². The molecule has 184 valence electrons. The average Bonchev–Trinajstić information content (AvgIpc) is 3.10. The predicted octanol–water partition coefficient (Wildman–Crippen LogP) is 6.81. The Morgan fingerprint density at radius 3 is 1.83 bits per heavy atom. The van der Waals surface area contributed by atoms with Crippen molar-refractivity contribution in [2.24, 2.45) is 0 Å². The molecule has 0 unspecified atom stereocenters. The molecule has 0 radical (unpaired) electrons. The van der Waals surface area contributed by atoms with E-state index in [0.717, 1.165) is 38.0 Å². The van der Waals surface area contributed by atoms with Gasteiger partial charge >= 0.3 is 0 Å². The number of nitrogens with zero attached hydrogens (tertiary/aromatic N) is 1. The highest BCUT2D eigenvalue weighted by atomic mass is 16.5. The Morgan fingerprint density at radius 2 is 1.31 bits per heavy atom. The maximum Gasteiger partial charge on any atom is 0.203 e. The number of methoxy groups -OCH3 is 3. The molecule has 3 aromatic carbocycles. The van der Waals surface area contributed by atoms with E-state index in [-0.39, 0.29) is 0 Å². The van der Waals surface area contributed by atoms with Gasteiger partial charge in [0.15, 0.2) is 11.5 Å². The highest BCUT2D eigenvalue weighted by Gasteiger charge is 2.22. The number of benzene rings is 3. The van der Waals surface area contributed by atoms with Gasteiger partial charge in [0.05, 0.1) is 21.3 Å². The predicted molar refractivity (Wildman–Crippen MR) is 149 cm³/mol. The molecule has 0 atom stereocenters. The molecular weight excluding hydrogens is 446 g/mol. The lowest BCUT2D eigenvalue weighted by molar-refractivity contribution is 0.284. The molecule has 1 fully saturated rings. The van der Waals surface area contributed by atoms with Crippen molar-refractivity contribution in [3.8, 4) is 17.2 Å². The number of ether oxygens (including phenoxy) is 3. The Morgan fingerprint density at radius 1 is 0.750 bits per heavy atom. The van der Waals surface area contributed by atoms with Crippen LogP contribution >= 0.6 is 0 Å². The smallest absolute Gasteiger partial charge is 0.203 e. The van der Waals surface area contributed by atoms with Crippen molar-refractivity contribution in [3.63, 3.8) is 0 Å². The summed E-state index contributed by atoms with van der Waals surface area (Å²) in [6.07, 6.45) is 11.0. The molecule has 0 bridgehead atoms. The molecule has 0 amide bonds. The van der Waals surface area contributed by atoms with Crippen molar-refractivity contribution < 1.29 is 14.2 Å². The van der Waals surface area contributed by atoms with Crippen LogP contribution in [0.25, 0.3) is 23.8 Å². The molecule has 4 heteroatoms. The normalized spacial score (nSPS) is 15.4.